The highest BCUT2D eigenvalue weighted by atomic mass is 32.2. The first-order valence-corrected chi connectivity index (χ1v) is 6.26. The third kappa shape index (κ3) is 3.02. The number of halogens is 1. The minimum atomic E-state index is -0.378. The van der Waals surface area contributed by atoms with E-state index in [0.29, 0.717) is 16.5 Å². The molecule has 0 bridgehead atoms. The summed E-state index contributed by atoms with van der Waals surface area (Å²) in [5, 5.41) is 8.16. The minimum Gasteiger partial charge on any atom is -0.468 e. The Morgan fingerprint density at radius 1 is 1.42 bits per heavy atom. The van der Waals surface area contributed by atoms with E-state index in [1.54, 1.807) is 12.1 Å². The Morgan fingerprint density at radius 2 is 2.11 bits per heavy atom. The predicted octanol–water partition coefficient (Wildman–Crippen LogP) is 1.06. The van der Waals surface area contributed by atoms with E-state index in [9.17, 15) is 9.18 Å². The largest absolute Gasteiger partial charge is 0.468 e. The van der Waals surface area contributed by atoms with Crippen LogP contribution in [0, 0.1) is 5.82 Å². The van der Waals surface area contributed by atoms with Crippen molar-refractivity contribution in [1.82, 2.24) is 14.9 Å². The van der Waals surface area contributed by atoms with Gasteiger partial charge in [0.2, 0.25) is 5.16 Å². The predicted molar refractivity (Wildman–Crippen MR) is 68.3 cm³/mol. The summed E-state index contributed by atoms with van der Waals surface area (Å²) in [7, 11) is 1.31. The zero-order valence-electron chi connectivity index (χ0n) is 10.0. The molecular weight excluding hydrogens is 271 g/mol. The van der Waals surface area contributed by atoms with Gasteiger partial charge in [-0.3, -0.25) is 4.79 Å². The molecule has 6 nitrogen and oxygen atoms in total. The highest BCUT2D eigenvalue weighted by Gasteiger charge is 2.13. The number of nitrogen functional groups attached to an aromatic ring is 1. The Morgan fingerprint density at radius 3 is 2.74 bits per heavy atom. The fourth-order valence-electron chi connectivity index (χ4n) is 1.35. The number of benzene rings is 1. The molecular formula is C11H11FN4O2S. The maximum atomic E-state index is 12.8. The molecule has 2 rings (SSSR count). The van der Waals surface area contributed by atoms with Gasteiger partial charge in [-0.05, 0) is 24.3 Å². The normalized spacial score (nSPS) is 10.4. The van der Waals surface area contributed by atoms with Crippen LogP contribution in [-0.2, 0) is 9.53 Å². The second kappa shape index (κ2) is 5.70. The molecule has 8 heteroatoms. The third-order valence-electron chi connectivity index (χ3n) is 2.31. The fraction of sp³-hybridized carbons (Fsp3) is 0.182. The second-order valence-electron chi connectivity index (χ2n) is 3.55. The van der Waals surface area contributed by atoms with Crippen LogP contribution in [0.25, 0.3) is 11.4 Å². The van der Waals surface area contributed by atoms with Crippen molar-refractivity contribution >= 4 is 17.7 Å². The number of hydrogen-bond acceptors (Lipinski definition) is 6. The summed E-state index contributed by atoms with van der Waals surface area (Å²) in [6.07, 6.45) is 0. The number of carbonyl (C=O) groups excluding carboxylic acids is 1. The summed E-state index contributed by atoms with van der Waals surface area (Å²) in [5.74, 6) is 5.60. The number of carbonyl (C=O) groups is 1. The van der Waals surface area contributed by atoms with Gasteiger partial charge < -0.3 is 10.6 Å². The smallest absolute Gasteiger partial charge is 0.316 e. The molecule has 1 aromatic heterocycles. The quantitative estimate of drug-likeness (QED) is 0.513. The third-order valence-corrected chi connectivity index (χ3v) is 3.23. The lowest BCUT2D eigenvalue weighted by Gasteiger charge is -2.03. The summed E-state index contributed by atoms with van der Waals surface area (Å²) in [6.45, 7) is 0. The lowest BCUT2D eigenvalue weighted by molar-refractivity contribution is -0.137. The lowest BCUT2D eigenvalue weighted by Crippen LogP contribution is -2.13. The van der Waals surface area contributed by atoms with E-state index in [-0.39, 0.29) is 17.5 Å². The van der Waals surface area contributed by atoms with Gasteiger partial charge in [0.1, 0.15) is 5.82 Å². The summed E-state index contributed by atoms with van der Waals surface area (Å²) in [6, 6.07) is 5.73. The highest BCUT2D eigenvalue weighted by molar-refractivity contribution is 7.99. The molecule has 0 aliphatic heterocycles. The van der Waals surface area contributed by atoms with Crippen molar-refractivity contribution in [2.75, 3.05) is 18.7 Å². The number of ether oxygens (including phenoxy) is 1. The first-order valence-electron chi connectivity index (χ1n) is 5.28. The first kappa shape index (κ1) is 13.3. The molecule has 0 fully saturated rings. The molecule has 1 aromatic carbocycles. The highest BCUT2D eigenvalue weighted by Crippen LogP contribution is 2.21. The van der Waals surface area contributed by atoms with Crippen LogP contribution in [0.1, 0.15) is 0 Å². The van der Waals surface area contributed by atoms with Crippen LogP contribution < -0.4 is 5.84 Å². The van der Waals surface area contributed by atoms with Crippen molar-refractivity contribution < 1.29 is 13.9 Å². The van der Waals surface area contributed by atoms with Crippen molar-refractivity contribution in [3.05, 3.63) is 30.1 Å². The zero-order chi connectivity index (χ0) is 13.8. The molecule has 0 aliphatic rings. The number of rotatable bonds is 4. The van der Waals surface area contributed by atoms with E-state index >= 15 is 0 Å². The summed E-state index contributed by atoms with van der Waals surface area (Å²) in [5.41, 5.74) is 0.640. The number of thioether (sulfide) groups is 1. The Labute approximate surface area is 112 Å². The molecule has 0 amide bonds. The van der Waals surface area contributed by atoms with E-state index < -0.39 is 0 Å². The average Bonchev–Trinajstić information content (AvgIpc) is 2.78. The number of hydrogen-bond donors (Lipinski definition) is 1. The van der Waals surface area contributed by atoms with E-state index in [1.165, 1.54) is 23.9 Å². The molecule has 0 saturated heterocycles. The fourth-order valence-corrected chi connectivity index (χ4v) is 2.04. The topological polar surface area (TPSA) is 83.0 Å². The van der Waals surface area contributed by atoms with Crippen LogP contribution in [-0.4, -0.2) is 33.7 Å². The van der Waals surface area contributed by atoms with Gasteiger partial charge in [0.05, 0.1) is 12.9 Å². The van der Waals surface area contributed by atoms with Crippen LogP contribution >= 0.6 is 11.8 Å². The number of methoxy groups -OCH3 is 1. The molecule has 100 valence electrons. The van der Waals surface area contributed by atoms with Gasteiger partial charge in [-0.15, -0.1) is 10.2 Å². The molecule has 0 unspecified atom stereocenters. The van der Waals surface area contributed by atoms with Crippen LogP contribution in [0.3, 0.4) is 0 Å². The maximum Gasteiger partial charge on any atom is 0.316 e. The molecule has 0 spiro atoms. The van der Waals surface area contributed by atoms with Crippen molar-refractivity contribution in [3.8, 4) is 11.4 Å². The molecule has 19 heavy (non-hydrogen) atoms. The average molecular weight is 282 g/mol. The molecule has 1 heterocycles. The van der Waals surface area contributed by atoms with Crippen molar-refractivity contribution in [1.29, 1.82) is 0 Å². The van der Waals surface area contributed by atoms with E-state index in [0.717, 1.165) is 11.8 Å². The van der Waals surface area contributed by atoms with Crippen molar-refractivity contribution in [2.45, 2.75) is 5.16 Å². The number of aromatic nitrogens is 3. The standard InChI is InChI=1S/C11H11FN4O2S/c1-18-9(17)6-19-11-15-14-10(16(11)13)7-2-4-8(12)5-3-7/h2-5H,6,13H2,1H3. The van der Waals surface area contributed by atoms with Gasteiger partial charge in [0.15, 0.2) is 5.82 Å². The van der Waals surface area contributed by atoms with Gasteiger partial charge in [-0.25, -0.2) is 9.07 Å². The van der Waals surface area contributed by atoms with Crippen LogP contribution in [0.4, 0.5) is 4.39 Å². The van der Waals surface area contributed by atoms with Gasteiger partial charge in [0, 0.05) is 5.56 Å². The molecule has 0 aliphatic carbocycles. The van der Waals surface area contributed by atoms with Gasteiger partial charge in [-0.1, -0.05) is 11.8 Å². The molecule has 2 aromatic rings. The molecule has 0 radical (unpaired) electrons. The van der Waals surface area contributed by atoms with Crippen LogP contribution in [0.15, 0.2) is 29.4 Å². The Balaban J connectivity index is 2.18. The van der Waals surface area contributed by atoms with Crippen LogP contribution in [0.5, 0.6) is 0 Å². The number of esters is 1. The number of nitrogens with two attached hydrogens (primary N) is 1. The first-order chi connectivity index (χ1) is 9.11. The molecule has 0 atom stereocenters. The van der Waals surface area contributed by atoms with E-state index in [1.807, 2.05) is 0 Å². The summed E-state index contributed by atoms with van der Waals surface area (Å²) in [4.78, 5) is 11.0. The summed E-state index contributed by atoms with van der Waals surface area (Å²) >= 11 is 1.11. The Bertz CT molecular complexity index is 585. The van der Waals surface area contributed by atoms with Crippen LogP contribution in [0.2, 0.25) is 0 Å². The SMILES string of the molecule is COC(=O)CSc1nnc(-c2ccc(F)cc2)n1N. The van der Waals surface area contributed by atoms with E-state index in [2.05, 4.69) is 14.9 Å². The zero-order valence-corrected chi connectivity index (χ0v) is 10.9. The van der Waals surface area contributed by atoms with Gasteiger partial charge in [0.25, 0.3) is 0 Å². The lowest BCUT2D eigenvalue weighted by atomic mass is 10.2. The monoisotopic (exact) mass is 282 g/mol. The van der Waals surface area contributed by atoms with Gasteiger partial charge >= 0.3 is 5.97 Å². The van der Waals surface area contributed by atoms with Crippen molar-refractivity contribution in [2.24, 2.45) is 0 Å². The Hall–Kier alpha value is -2.09. The van der Waals surface area contributed by atoms with E-state index in [4.69, 9.17) is 5.84 Å². The maximum absolute atomic E-state index is 12.8. The number of nitrogens with zero attached hydrogens (tertiary/aromatic N) is 3. The minimum absolute atomic E-state index is 0.0925. The second-order valence-corrected chi connectivity index (χ2v) is 4.49. The Kier molecular flexibility index (Phi) is 4.00. The van der Waals surface area contributed by atoms with Gasteiger partial charge in [-0.2, -0.15) is 0 Å². The molecule has 0 saturated carbocycles. The summed E-state index contributed by atoms with van der Waals surface area (Å²) < 4.78 is 18.6. The van der Waals surface area contributed by atoms with Crippen molar-refractivity contribution in [3.63, 3.8) is 0 Å². The molecule has 2 N–H and O–H groups in total.